The minimum atomic E-state index is -0.256. The molecule has 34 heavy (non-hydrogen) atoms. The topological polar surface area (TPSA) is 94.4 Å². The minimum absolute atomic E-state index is 0.0826. The molecule has 1 aromatic carbocycles. The van der Waals surface area contributed by atoms with Crippen LogP contribution in [0.15, 0.2) is 48.8 Å². The number of nitrogens with one attached hydrogen (secondary N) is 1. The summed E-state index contributed by atoms with van der Waals surface area (Å²) in [5.74, 6) is 1.92. The second-order valence-corrected chi connectivity index (χ2v) is 8.59. The van der Waals surface area contributed by atoms with Gasteiger partial charge in [-0.15, -0.1) is 0 Å². The van der Waals surface area contributed by atoms with Crippen molar-refractivity contribution >= 4 is 28.4 Å². The number of carbonyl (C=O) groups is 1. The summed E-state index contributed by atoms with van der Waals surface area (Å²) >= 11 is 0. The maximum absolute atomic E-state index is 13.4. The summed E-state index contributed by atoms with van der Waals surface area (Å²) in [4.78, 5) is 24.5. The van der Waals surface area contributed by atoms with Crippen molar-refractivity contribution in [2.75, 3.05) is 37.5 Å². The summed E-state index contributed by atoms with van der Waals surface area (Å²) in [6, 6.07) is 11.2. The van der Waals surface area contributed by atoms with E-state index in [4.69, 9.17) is 14.5 Å². The van der Waals surface area contributed by atoms with Crippen molar-refractivity contribution < 1.29 is 14.3 Å². The zero-order valence-corrected chi connectivity index (χ0v) is 19.6. The molecule has 3 aromatic heterocycles. The summed E-state index contributed by atoms with van der Waals surface area (Å²) in [5, 5.41) is 8.13. The second-order valence-electron chi connectivity index (χ2n) is 8.59. The molecule has 9 heteroatoms. The molecule has 1 aliphatic rings. The van der Waals surface area contributed by atoms with Crippen LogP contribution in [0.4, 0.5) is 11.5 Å². The molecule has 0 saturated heterocycles. The molecule has 1 N–H and O–H groups in total. The molecule has 0 radical (unpaired) electrons. The van der Waals surface area contributed by atoms with Gasteiger partial charge in [0, 0.05) is 25.7 Å². The Labute approximate surface area is 197 Å². The molecule has 0 saturated carbocycles. The van der Waals surface area contributed by atoms with Gasteiger partial charge in [0.05, 0.1) is 34.7 Å². The zero-order valence-electron chi connectivity index (χ0n) is 19.6. The lowest BCUT2D eigenvalue weighted by atomic mass is 10.1. The van der Waals surface area contributed by atoms with Crippen molar-refractivity contribution in [2.24, 2.45) is 0 Å². The maximum atomic E-state index is 13.4. The smallest absolute Gasteiger partial charge is 0.256 e. The number of benzene rings is 1. The van der Waals surface area contributed by atoms with Crippen molar-refractivity contribution in [3.8, 4) is 22.8 Å². The molecule has 0 aliphatic carbocycles. The van der Waals surface area contributed by atoms with Crippen LogP contribution in [0.1, 0.15) is 30.2 Å². The first-order valence-corrected chi connectivity index (χ1v) is 11.1. The molecule has 0 unspecified atom stereocenters. The number of amides is 1. The Kier molecular flexibility index (Phi) is 5.53. The zero-order chi connectivity index (χ0) is 23.8. The van der Waals surface area contributed by atoms with Crippen molar-refractivity contribution in [3.05, 3.63) is 54.4 Å². The molecule has 5 rings (SSSR count). The molecular weight excluding hydrogens is 432 g/mol. The van der Waals surface area contributed by atoms with Gasteiger partial charge in [-0.2, -0.15) is 5.10 Å². The first-order valence-electron chi connectivity index (χ1n) is 11.1. The number of aromatic nitrogens is 4. The Morgan fingerprint density at radius 2 is 1.85 bits per heavy atom. The minimum Gasteiger partial charge on any atom is -0.486 e. The predicted molar refractivity (Wildman–Crippen MR) is 131 cm³/mol. The SMILES string of the molecule is CC(C)n1ncc2c(C(=O)Nc3ccc(N(C)C)nc3)cc(-c3ccc4c(c3)OCCO4)nc21. The van der Waals surface area contributed by atoms with Crippen LogP contribution in [-0.2, 0) is 0 Å². The quantitative estimate of drug-likeness (QED) is 0.480. The van der Waals surface area contributed by atoms with Crippen molar-refractivity contribution in [1.29, 1.82) is 0 Å². The fourth-order valence-corrected chi connectivity index (χ4v) is 3.86. The van der Waals surface area contributed by atoms with Crippen LogP contribution in [-0.4, -0.2) is 53.0 Å². The van der Waals surface area contributed by atoms with E-state index < -0.39 is 0 Å². The lowest BCUT2D eigenvalue weighted by Gasteiger charge is -2.19. The Morgan fingerprint density at radius 1 is 1.06 bits per heavy atom. The Hall–Kier alpha value is -4.14. The Morgan fingerprint density at radius 3 is 2.56 bits per heavy atom. The van der Waals surface area contributed by atoms with Gasteiger partial charge in [0.1, 0.15) is 19.0 Å². The van der Waals surface area contributed by atoms with E-state index in [2.05, 4.69) is 15.4 Å². The van der Waals surface area contributed by atoms with Gasteiger partial charge in [0.25, 0.3) is 5.91 Å². The van der Waals surface area contributed by atoms with Crippen LogP contribution in [0.2, 0.25) is 0 Å². The first kappa shape index (κ1) is 21.7. The number of anilines is 2. The Bertz CT molecular complexity index is 1360. The summed E-state index contributed by atoms with van der Waals surface area (Å²) in [7, 11) is 3.83. The first-order chi connectivity index (χ1) is 16.4. The highest BCUT2D eigenvalue weighted by molar-refractivity contribution is 6.12. The van der Waals surface area contributed by atoms with Crippen molar-refractivity contribution in [3.63, 3.8) is 0 Å². The van der Waals surface area contributed by atoms with Gasteiger partial charge >= 0.3 is 0 Å². The fourth-order valence-electron chi connectivity index (χ4n) is 3.86. The third-order valence-electron chi connectivity index (χ3n) is 5.60. The maximum Gasteiger partial charge on any atom is 0.256 e. The molecule has 1 amide bonds. The second kappa shape index (κ2) is 8.66. The van der Waals surface area contributed by atoms with Gasteiger partial charge in [-0.25, -0.2) is 14.6 Å². The van der Waals surface area contributed by atoms with Crippen LogP contribution in [0, 0.1) is 0 Å². The van der Waals surface area contributed by atoms with E-state index in [0.717, 1.165) is 11.4 Å². The van der Waals surface area contributed by atoms with Crippen LogP contribution in [0.25, 0.3) is 22.3 Å². The molecule has 0 atom stereocenters. The normalized spacial score (nSPS) is 12.7. The van der Waals surface area contributed by atoms with Gasteiger partial charge in [-0.05, 0) is 50.2 Å². The summed E-state index contributed by atoms with van der Waals surface area (Å²) in [6.45, 7) is 5.08. The van der Waals surface area contributed by atoms with Crippen LogP contribution >= 0.6 is 0 Å². The number of hydrogen-bond donors (Lipinski definition) is 1. The van der Waals surface area contributed by atoms with Gasteiger partial charge in [0.15, 0.2) is 17.1 Å². The molecule has 0 bridgehead atoms. The van der Waals surface area contributed by atoms with Gasteiger partial charge in [-0.1, -0.05) is 0 Å². The van der Waals surface area contributed by atoms with E-state index >= 15 is 0 Å². The van der Waals surface area contributed by atoms with Gasteiger partial charge in [0.2, 0.25) is 0 Å². The average molecular weight is 459 g/mol. The highest BCUT2D eigenvalue weighted by Gasteiger charge is 2.20. The van der Waals surface area contributed by atoms with Gasteiger partial charge in [-0.3, -0.25) is 4.79 Å². The van der Waals surface area contributed by atoms with Gasteiger partial charge < -0.3 is 19.7 Å². The lowest BCUT2D eigenvalue weighted by Crippen LogP contribution is -2.15. The van der Waals surface area contributed by atoms with E-state index in [1.807, 2.05) is 67.9 Å². The van der Waals surface area contributed by atoms with E-state index in [-0.39, 0.29) is 11.9 Å². The number of nitrogens with zero attached hydrogens (tertiary/aromatic N) is 5. The molecule has 4 heterocycles. The molecule has 4 aromatic rings. The third-order valence-corrected chi connectivity index (χ3v) is 5.60. The number of carbonyl (C=O) groups excluding carboxylic acids is 1. The number of rotatable bonds is 5. The number of fused-ring (bicyclic) bond motifs is 2. The van der Waals surface area contributed by atoms with Crippen LogP contribution < -0.4 is 19.7 Å². The summed E-state index contributed by atoms with van der Waals surface area (Å²) in [6.07, 6.45) is 3.34. The monoisotopic (exact) mass is 458 g/mol. The number of pyridine rings is 2. The largest absolute Gasteiger partial charge is 0.486 e. The predicted octanol–water partition coefficient (Wildman–Crippen LogP) is 4.16. The van der Waals surface area contributed by atoms with Crippen molar-refractivity contribution in [2.45, 2.75) is 19.9 Å². The number of hydrogen-bond acceptors (Lipinski definition) is 7. The molecule has 9 nitrogen and oxygen atoms in total. The average Bonchev–Trinajstić information content (AvgIpc) is 3.28. The molecular formula is C25H26N6O3. The van der Waals surface area contributed by atoms with E-state index in [1.165, 1.54) is 0 Å². The molecule has 1 aliphatic heterocycles. The van der Waals surface area contributed by atoms with E-state index in [1.54, 1.807) is 18.5 Å². The third kappa shape index (κ3) is 4.00. The Balaban J connectivity index is 1.57. The lowest BCUT2D eigenvalue weighted by molar-refractivity contribution is 0.102. The fraction of sp³-hybridized carbons (Fsp3) is 0.280. The highest BCUT2D eigenvalue weighted by atomic mass is 16.6. The standard InChI is InChI=1S/C25H26N6O3/c1-15(2)31-24-19(14-27-31)18(25(32)28-17-6-8-23(26-13-17)30(3)4)12-20(29-24)16-5-7-21-22(11-16)34-10-9-33-21/h5-8,11-15H,9-10H2,1-4H3,(H,28,32). The van der Waals surface area contributed by atoms with Crippen molar-refractivity contribution in [1.82, 2.24) is 19.7 Å². The summed E-state index contributed by atoms with van der Waals surface area (Å²) < 4.78 is 13.2. The highest BCUT2D eigenvalue weighted by Crippen LogP contribution is 2.35. The van der Waals surface area contributed by atoms with E-state index in [9.17, 15) is 4.79 Å². The molecule has 174 valence electrons. The molecule has 0 fully saturated rings. The van der Waals surface area contributed by atoms with E-state index in [0.29, 0.717) is 52.7 Å². The molecule has 0 spiro atoms. The van der Waals surface area contributed by atoms with Crippen LogP contribution in [0.3, 0.4) is 0 Å². The summed E-state index contributed by atoms with van der Waals surface area (Å²) in [5.41, 5.74) is 3.22. The number of ether oxygens (including phenoxy) is 2. The van der Waals surface area contributed by atoms with Crippen LogP contribution in [0.5, 0.6) is 11.5 Å².